The molecule has 0 spiro atoms. The van der Waals surface area contributed by atoms with Gasteiger partial charge in [-0.15, -0.1) is 0 Å². The lowest BCUT2D eigenvalue weighted by atomic mass is 10.2. The molecule has 1 aromatic carbocycles. The number of nitrogens with zero attached hydrogens (tertiary/aromatic N) is 1. The average Bonchev–Trinajstić information content (AvgIpc) is 2.52. The van der Waals surface area contributed by atoms with Crippen molar-refractivity contribution in [3.8, 4) is 5.75 Å². The Hall–Kier alpha value is -1.22. The van der Waals surface area contributed by atoms with Gasteiger partial charge in [-0.05, 0) is 25.0 Å². The minimum Gasteiger partial charge on any atom is -0.491 e. The highest BCUT2D eigenvalue weighted by molar-refractivity contribution is 5.59. The van der Waals surface area contributed by atoms with E-state index < -0.39 is 0 Å². The van der Waals surface area contributed by atoms with Gasteiger partial charge in [-0.1, -0.05) is 19.1 Å². The molecule has 0 aromatic heterocycles. The Balaban J connectivity index is 2.19. The zero-order valence-electron chi connectivity index (χ0n) is 9.72. The minimum atomic E-state index is -0.258. The third-order valence-corrected chi connectivity index (χ3v) is 2.94. The second-order valence-electron chi connectivity index (χ2n) is 4.18. The van der Waals surface area contributed by atoms with Gasteiger partial charge in [0.1, 0.15) is 5.75 Å². The number of rotatable bonds is 3. The van der Waals surface area contributed by atoms with Gasteiger partial charge in [0, 0.05) is 13.1 Å². The Morgan fingerprint density at radius 3 is 3.06 bits per heavy atom. The lowest BCUT2D eigenvalue weighted by molar-refractivity contribution is 0.175. The lowest BCUT2D eigenvalue weighted by Gasteiger charge is -2.25. The van der Waals surface area contributed by atoms with E-state index in [0.29, 0.717) is 6.54 Å². The summed E-state index contributed by atoms with van der Waals surface area (Å²) >= 11 is 0. The summed E-state index contributed by atoms with van der Waals surface area (Å²) in [5, 5.41) is 9.75. The van der Waals surface area contributed by atoms with E-state index in [2.05, 4.69) is 11.0 Å². The Kier molecular flexibility index (Phi) is 3.67. The fraction of sp³-hybridized carbons (Fsp3) is 0.538. The smallest absolute Gasteiger partial charge is 0.142 e. The molecule has 1 atom stereocenters. The van der Waals surface area contributed by atoms with Crippen molar-refractivity contribution in [1.29, 1.82) is 0 Å². The number of β-amino-alcohol motifs (C(OH)–C–C–N with tert-alkyl or cyclic N) is 1. The number of benzene rings is 1. The summed E-state index contributed by atoms with van der Waals surface area (Å²) in [4.78, 5) is 2.22. The summed E-state index contributed by atoms with van der Waals surface area (Å²) in [6.07, 6.45) is 1.54. The van der Waals surface area contributed by atoms with Crippen molar-refractivity contribution < 1.29 is 9.84 Å². The molecule has 0 radical (unpaired) electrons. The molecule has 3 heteroatoms. The van der Waals surface area contributed by atoms with Crippen LogP contribution in [0.4, 0.5) is 5.69 Å². The molecule has 0 saturated heterocycles. The van der Waals surface area contributed by atoms with E-state index in [1.165, 1.54) is 0 Å². The molecule has 0 bridgehead atoms. The van der Waals surface area contributed by atoms with Crippen LogP contribution in [0, 0.1) is 0 Å². The first-order chi connectivity index (χ1) is 7.81. The van der Waals surface area contributed by atoms with Crippen LogP contribution in [-0.4, -0.2) is 30.9 Å². The largest absolute Gasteiger partial charge is 0.491 e. The summed E-state index contributed by atoms with van der Waals surface area (Å²) < 4.78 is 5.67. The fourth-order valence-corrected chi connectivity index (χ4v) is 1.97. The zero-order valence-corrected chi connectivity index (χ0v) is 9.72. The van der Waals surface area contributed by atoms with Crippen LogP contribution in [0.15, 0.2) is 24.3 Å². The molecule has 1 aliphatic rings. The lowest BCUT2D eigenvalue weighted by Crippen LogP contribution is -2.32. The van der Waals surface area contributed by atoms with E-state index in [-0.39, 0.29) is 6.10 Å². The standard InChI is InChI=1S/C13H19NO2/c1-2-11(15)10-14-8-5-9-16-13-7-4-3-6-12(13)14/h3-4,6-7,11,15H,2,5,8-10H2,1H3. The Morgan fingerprint density at radius 1 is 1.44 bits per heavy atom. The van der Waals surface area contributed by atoms with Crippen LogP contribution in [-0.2, 0) is 0 Å². The van der Waals surface area contributed by atoms with Crippen LogP contribution in [0.5, 0.6) is 5.75 Å². The van der Waals surface area contributed by atoms with Crippen molar-refractivity contribution in [2.45, 2.75) is 25.9 Å². The predicted molar refractivity (Wildman–Crippen MR) is 65.1 cm³/mol. The van der Waals surface area contributed by atoms with E-state index in [1.54, 1.807) is 0 Å². The predicted octanol–water partition coefficient (Wildman–Crippen LogP) is 2.05. The molecule has 0 fully saturated rings. The van der Waals surface area contributed by atoms with E-state index in [9.17, 15) is 5.11 Å². The first-order valence-corrected chi connectivity index (χ1v) is 5.96. The van der Waals surface area contributed by atoms with Crippen LogP contribution in [0.25, 0.3) is 0 Å². The molecule has 0 saturated carbocycles. The topological polar surface area (TPSA) is 32.7 Å². The molecule has 16 heavy (non-hydrogen) atoms. The molecule has 3 nitrogen and oxygen atoms in total. The number of ether oxygens (including phenoxy) is 1. The average molecular weight is 221 g/mol. The van der Waals surface area contributed by atoms with Gasteiger partial charge in [-0.25, -0.2) is 0 Å². The monoisotopic (exact) mass is 221 g/mol. The Bertz CT molecular complexity index is 340. The maximum Gasteiger partial charge on any atom is 0.142 e. The normalized spacial score (nSPS) is 17.2. The molecule has 1 heterocycles. The van der Waals surface area contributed by atoms with Gasteiger partial charge in [-0.3, -0.25) is 0 Å². The molecule has 1 aliphatic heterocycles. The molecule has 1 unspecified atom stereocenters. The molecular weight excluding hydrogens is 202 g/mol. The number of para-hydroxylation sites is 2. The second kappa shape index (κ2) is 5.21. The molecule has 0 aliphatic carbocycles. The van der Waals surface area contributed by atoms with Crippen molar-refractivity contribution in [3.05, 3.63) is 24.3 Å². The van der Waals surface area contributed by atoms with Crippen molar-refractivity contribution in [1.82, 2.24) is 0 Å². The van der Waals surface area contributed by atoms with Crippen LogP contribution in [0.3, 0.4) is 0 Å². The van der Waals surface area contributed by atoms with E-state index >= 15 is 0 Å². The van der Waals surface area contributed by atoms with Gasteiger partial charge in [0.15, 0.2) is 0 Å². The maximum atomic E-state index is 9.75. The number of aliphatic hydroxyl groups excluding tert-OH is 1. The first-order valence-electron chi connectivity index (χ1n) is 5.96. The first kappa shape index (κ1) is 11.3. The molecular formula is C13H19NO2. The minimum absolute atomic E-state index is 0.258. The van der Waals surface area contributed by atoms with Crippen molar-refractivity contribution >= 4 is 5.69 Å². The van der Waals surface area contributed by atoms with Crippen LogP contribution in [0.1, 0.15) is 19.8 Å². The van der Waals surface area contributed by atoms with Gasteiger partial charge in [-0.2, -0.15) is 0 Å². The molecule has 1 N–H and O–H groups in total. The number of aliphatic hydroxyl groups is 1. The molecule has 88 valence electrons. The third-order valence-electron chi connectivity index (χ3n) is 2.94. The van der Waals surface area contributed by atoms with Gasteiger partial charge in [0.05, 0.1) is 18.4 Å². The van der Waals surface area contributed by atoms with Crippen LogP contribution in [0.2, 0.25) is 0 Å². The van der Waals surface area contributed by atoms with Crippen LogP contribution >= 0.6 is 0 Å². The van der Waals surface area contributed by atoms with Crippen molar-refractivity contribution in [2.75, 3.05) is 24.6 Å². The summed E-state index contributed by atoms with van der Waals surface area (Å²) in [5.41, 5.74) is 1.10. The van der Waals surface area contributed by atoms with Gasteiger partial charge in [0.2, 0.25) is 0 Å². The third kappa shape index (κ3) is 2.47. The number of hydrogen-bond donors (Lipinski definition) is 1. The Morgan fingerprint density at radius 2 is 2.25 bits per heavy atom. The summed E-state index contributed by atoms with van der Waals surface area (Å²) in [7, 11) is 0. The van der Waals surface area contributed by atoms with E-state index in [1.807, 2.05) is 25.1 Å². The van der Waals surface area contributed by atoms with Gasteiger partial charge in [0.25, 0.3) is 0 Å². The van der Waals surface area contributed by atoms with E-state index in [0.717, 1.165) is 37.4 Å². The quantitative estimate of drug-likeness (QED) is 0.848. The fourth-order valence-electron chi connectivity index (χ4n) is 1.97. The van der Waals surface area contributed by atoms with Gasteiger partial charge >= 0.3 is 0 Å². The summed E-state index contributed by atoms with van der Waals surface area (Å²) in [6, 6.07) is 8.05. The van der Waals surface area contributed by atoms with Crippen molar-refractivity contribution in [3.63, 3.8) is 0 Å². The molecule has 0 amide bonds. The highest BCUT2D eigenvalue weighted by Crippen LogP contribution is 2.30. The second-order valence-corrected chi connectivity index (χ2v) is 4.18. The number of anilines is 1. The number of fused-ring (bicyclic) bond motifs is 1. The zero-order chi connectivity index (χ0) is 11.4. The SMILES string of the molecule is CCC(O)CN1CCCOc2ccccc21. The Labute approximate surface area is 96.6 Å². The highest BCUT2D eigenvalue weighted by atomic mass is 16.5. The highest BCUT2D eigenvalue weighted by Gasteiger charge is 2.17. The summed E-state index contributed by atoms with van der Waals surface area (Å²) in [5.74, 6) is 0.934. The van der Waals surface area contributed by atoms with Crippen LogP contribution < -0.4 is 9.64 Å². The van der Waals surface area contributed by atoms with Gasteiger partial charge < -0.3 is 14.7 Å². The maximum absolute atomic E-state index is 9.75. The number of hydrogen-bond acceptors (Lipinski definition) is 3. The van der Waals surface area contributed by atoms with E-state index in [4.69, 9.17) is 4.74 Å². The molecule has 2 rings (SSSR count). The van der Waals surface area contributed by atoms with Crippen molar-refractivity contribution in [2.24, 2.45) is 0 Å². The summed E-state index contributed by atoms with van der Waals surface area (Å²) in [6.45, 7) is 4.41. The molecule has 1 aromatic rings.